The van der Waals surface area contributed by atoms with E-state index in [9.17, 15) is 13.2 Å². The molecule has 1 amide bonds. The first-order valence-corrected chi connectivity index (χ1v) is 10.1. The zero-order chi connectivity index (χ0) is 17.2. The quantitative estimate of drug-likeness (QED) is 0.869. The van der Waals surface area contributed by atoms with E-state index in [1.54, 1.807) is 24.1 Å². The highest BCUT2D eigenvalue weighted by molar-refractivity contribution is 7.89. The molecule has 0 bridgehead atoms. The van der Waals surface area contributed by atoms with E-state index in [0.29, 0.717) is 17.7 Å². The lowest BCUT2D eigenvalue weighted by Gasteiger charge is -2.27. The van der Waals surface area contributed by atoms with E-state index in [1.165, 1.54) is 6.07 Å². The van der Waals surface area contributed by atoms with Crippen LogP contribution in [0.3, 0.4) is 0 Å². The molecular formula is C17H25N3O3S. The average Bonchev–Trinajstić information content (AvgIpc) is 3.07. The fourth-order valence-corrected chi connectivity index (χ4v) is 4.94. The van der Waals surface area contributed by atoms with Crippen LogP contribution in [-0.4, -0.2) is 38.5 Å². The number of aryl methyl sites for hydroxylation is 1. The zero-order valence-electron chi connectivity index (χ0n) is 14.0. The van der Waals surface area contributed by atoms with Gasteiger partial charge in [-0.1, -0.05) is 18.9 Å². The Bertz CT molecular complexity index is 706. The minimum absolute atomic E-state index is 0.0116. The van der Waals surface area contributed by atoms with Gasteiger partial charge in [-0.25, -0.2) is 18.6 Å². The number of hydrazine groups is 1. The number of benzene rings is 1. The molecule has 2 aliphatic rings. The topological polar surface area (TPSA) is 78.5 Å². The number of carbonyl (C=O) groups is 1. The SMILES string of the molecule is Cc1ccc(C(=O)N2CCCCN2)cc1S(=O)(=O)NC1CCCC1. The van der Waals surface area contributed by atoms with Crippen LogP contribution < -0.4 is 10.1 Å². The lowest BCUT2D eigenvalue weighted by Crippen LogP contribution is -2.47. The summed E-state index contributed by atoms with van der Waals surface area (Å²) in [7, 11) is -3.60. The van der Waals surface area contributed by atoms with Crippen molar-refractivity contribution in [2.45, 2.75) is 56.4 Å². The van der Waals surface area contributed by atoms with Gasteiger partial charge in [0.05, 0.1) is 4.90 Å². The molecule has 0 atom stereocenters. The van der Waals surface area contributed by atoms with Gasteiger partial charge in [-0.15, -0.1) is 0 Å². The van der Waals surface area contributed by atoms with E-state index in [2.05, 4.69) is 10.1 Å². The Labute approximate surface area is 143 Å². The summed E-state index contributed by atoms with van der Waals surface area (Å²) in [5.41, 5.74) is 4.13. The monoisotopic (exact) mass is 351 g/mol. The Morgan fingerprint density at radius 2 is 1.96 bits per heavy atom. The minimum atomic E-state index is -3.60. The average molecular weight is 351 g/mol. The summed E-state index contributed by atoms with van der Waals surface area (Å²) in [6, 6.07) is 4.92. The third-order valence-electron chi connectivity index (χ3n) is 4.76. The van der Waals surface area contributed by atoms with E-state index in [-0.39, 0.29) is 16.8 Å². The van der Waals surface area contributed by atoms with Crippen LogP contribution in [-0.2, 0) is 10.0 Å². The molecule has 0 aromatic heterocycles. The van der Waals surface area contributed by atoms with Crippen LogP contribution in [0.5, 0.6) is 0 Å². The van der Waals surface area contributed by atoms with Crippen LogP contribution in [0.2, 0.25) is 0 Å². The smallest absolute Gasteiger partial charge is 0.268 e. The normalized spacial score (nSPS) is 19.6. The van der Waals surface area contributed by atoms with Gasteiger partial charge in [0, 0.05) is 24.7 Å². The highest BCUT2D eigenvalue weighted by atomic mass is 32.2. The summed E-state index contributed by atoms with van der Waals surface area (Å²) in [6.07, 6.45) is 5.89. The van der Waals surface area contributed by atoms with Crippen molar-refractivity contribution in [1.29, 1.82) is 0 Å². The maximum atomic E-state index is 12.7. The zero-order valence-corrected chi connectivity index (χ0v) is 14.9. The summed E-state index contributed by atoms with van der Waals surface area (Å²) in [4.78, 5) is 12.8. The molecule has 24 heavy (non-hydrogen) atoms. The van der Waals surface area contributed by atoms with E-state index in [1.807, 2.05) is 0 Å². The van der Waals surface area contributed by atoms with Gasteiger partial charge in [-0.3, -0.25) is 9.80 Å². The number of hydrogen-bond acceptors (Lipinski definition) is 4. The van der Waals surface area contributed by atoms with E-state index < -0.39 is 10.0 Å². The molecule has 3 rings (SSSR count). The van der Waals surface area contributed by atoms with Crippen molar-refractivity contribution in [2.24, 2.45) is 0 Å². The maximum Gasteiger partial charge on any atom is 0.268 e. The fourth-order valence-electron chi connectivity index (χ4n) is 3.37. The van der Waals surface area contributed by atoms with E-state index >= 15 is 0 Å². The van der Waals surface area contributed by atoms with Gasteiger partial charge < -0.3 is 0 Å². The first-order valence-electron chi connectivity index (χ1n) is 8.66. The molecule has 1 aliphatic heterocycles. The number of hydrogen-bond donors (Lipinski definition) is 2. The number of carbonyl (C=O) groups excluding carboxylic acids is 1. The molecule has 6 nitrogen and oxygen atoms in total. The van der Waals surface area contributed by atoms with E-state index in [0.717, 1.165) is 45.1 Å². The number of amides is 1. The Kier molecular flexibility index (Phi) is 5.22. The third-order valence-corrected chi connectivity index (χ3v) is 6.42. The van der Waals surface area contributed by atoms with Gasteiger partial charge in [-0.2, -0.15) is 0 Å². The standard InChI is InChI=1S/C17H25N3O3S/c1-13-8-9-14(17(21)20-11-5-4-10-18-20)12-16(13)24(22,23)19-15-6-2-3-7-15/h8-9,12,15,18-19H,2-7,10-11H2,1H3. The summed E-state index contributed by atoms with van der Waals surface area (Å²) in [5.74, 6) is -0.174. The minimum Gasteiger partial charge on any atom is -0.274 e. The molecular weight excluding hydrogens is 326 g/mol. The Hall–Kier alpha value is -1.44. The van der Waals surface area contributed by atoms with Crippen LogP contribution in [0.1, 0.15) is 54.4 Å². The van der Waals surface area contributed by atoms with Gasteiger partial charge in [0.15, 0.2) is 0 Å². The number of rotatable bonds is 4. The summed E-state index contributed by atoms with van der Waals surface area (Å²) >= 11 is 0. The van der Waals surface area contributed by atoms with Crippen LogP contribution >= 0.6 is 0 Å². The lowest BCUT2D eigenvalue weighted by atomic mass is 10.1. The Morgan fingerprint density at radius 3 is 2.62 bits per heavy atom. The largest absolute Gasteiger partial charge is 0.274 e. The van der Waals surface area contributed by atoms with E-state index in [4.69, 9.17) is 0 Å². The maximum absolute atomic E-state index is 12.7. The molecule has 1 saturated heterocycles. The summed E-state index contributed by atoms with van der Waals surface area (Å²) in [5, 5.41) is 1.58. The van der Waals surface area contributed by atoms with Crippen molar-refractivity contribution in [1.82, 2.24) is 15.2 Å². The summed E-state index contributed by atoms with van der Waals surface area (Å²) < 4.78 is 28.2. The second-order valence-electron chi connectivity index (χ2n) is 6.65. The van der Waals surface area contributed by atoms with Crippen molar-refractivity contribution < 1.29 is 13.2 Å². The molecule has 1 aliphatic carbocycles. The molecule has 1 aromatic carbocycles. The number of nitrogens with one attached hydrogen (secondary N) is 2. The molecule has 0 radical (unpaired) electrons. The third kappa shape index (κ3) is 3.79. The Morgan fingerprint density at radius 1 is 1.21 bits per heavy atom. The van der Waals surface area contributed by atoms with Gasteiger partial charge >= 0.3 is 0 Å². The predicted octanol–water partition coefficient (Wildman–Crippen LogP) is 1.96. The molecule has 0 spiro atoms. The number of sulfonamides is 1. The highest BCUT2D eigenvalue weighted by Crippen LogP contribution is 2.23. The van der Waals surface area contributed by atoms with Crippen molar-refractivity contribution in [3.05, 3.63) is 29.3 Å². The molecule has 1 heterocycles. The molecule has 0 unspecified atom stereocenters. The molecule has 7 heteroatoms. The molecule has 1 saturated carbocycles. The van der Waals surface area contributed by atoms with Gasteiger partial charge in [0.2, 0.25) is 10.0 Å². The fraction of sp³-hybridized carbons (Fsp3) is 0.588. The van der Waals surface area contributed by atoms with Gasteiger partial charge in [0.1, 0.15) is 0 Å². The Balaban J connectivity index is 1.83. The first-order chi connectivity index (χ1) is 11.5. The van der Waals surface area contributed by atoms with Crippen molar-refractivity contribution in [3.63, 3.8) is 0 Å². The second-order valence-corrected chi connectivity index (χ2v) is 8.34. The first kappa shape index (κ1) is 17.4. The second kappa shape index (κ2) is 7.21. The molecule has 2 N–H and O–H groups in total. The van der Waals surface area contributed by atoms with Crippen LogP contribution in [0.25, 0.3) is 0 Å². The van der Waals surface area contributed by atoms with Gasteiger partial charge in [0.25, 0.3) is 5.91 Å². The van der Waals surface area contributed by atoms with Crippen molar-refractivity contribution >= 4 is 15.9 Å². The molecule has 132 valence electrons. The molecule has 2 fully saturated rings. The van der Waals surface area contributed by atoms with Crippen LogP contribution in [0.15, 0.2) is 23.1 Å². The van der Waals surface area contributed by atoms with Crippen molar-refractivity contribution in [2.75, 3.05) is 13.1 Å². The molecule has 1 aromatic rings. The van der Waals surface area contributed by atoms with Crippen LogP contribution in [0.4, 0.5) is 0 Å². The van der Waals surface area contributed by atoms with Crippen LogP contribution in [0, 0.1) is 6.92 Å². The predicted molar refractivity (Wildman–Crippen MR) is 92.0 cm³/mol. The van der Waals surface area contributed by atoms with Gasteiger partial charge in [-0.05, 0) is 50.3 Å². The summed E-state index contributed by atoms with van der Waals surface area (Å²) in [6.45, 7) is 3.18. The number of nitrogens with zero attached hydrogens (tertiary/aromatic N) is 1. The van der Waals surface area contributed by atoms with Crippen molar-refractivity contribution in [3.8, 4) is 0 Å². The highest BCUT2D eigenvalue weighted by Gasteiger charge is 2.26. The lowest BCUT2D eigenvalue weighted by molar-refractivity contribution is 0.0610.